The van der Waals surface area contributed by atoms with Crippen molar-refractivity contribution in [1.82, 2.24) is 0 Å². The Labute approximate surface area is 237 Å². The normalized spacial score (nSPS) is 15.9. The van der Waals surface area contributed by atoms with Gasteiger partial charge in [0.15, 0.2) is 0 Å². The summed E-state index contributed by atoms with van der Waals surface area (Å²) in [4.78, 5) is 0. The highest BCUT2D eigenvalue weighted by Crippen LogP contribution is 2.65. The number of rotatable bonds is 16. The molecule has 4 nitrogen and oxygen atoms in total. The maximum Gasteiger partial charge on any atom is 0.460 e. The monoisotopic (exact) mass is 704 g/mol. The summed E-state index contributed by atoms with van der Waals surface area (Å²) in [6, 6.07) is -0.0484. The van der Waals surface area contributed by atoms with Crippen molar-refractivity contribution in [2.24, 2.45) is 0 Å². The van der Waals surface area contributed by atoms with Crippen molar-refractivity contribution in [2.45, 2.75) is 99.2 Å². The highest BCUT2D eigenvalue weighted by atomic mass is 32.3. The average molecular weight is 704 g/mol. The van der Waals surface area contributed by atoms with Crippen LogP contribution in [0.3, 0.4) is 0 Å². The van der Waals surface area contributed by atoms with Crippen molar-refractivity contribution >= 4 is 10.4 Å². The minimum atomic E-state index is -8.73. The van der Waals surface area contributed by atoms with Gasteiger partial charge in [0.2, 0.25) is 0 Å². The lowest BCUT2D eigenvalue weighted by molar-refractivity contribution is -0.462. The van der Waals surface area contributed by atoms with Gasteiger partial charge in [0.1, 0.15) is 6.10 Å². The van der Waals surface area contributed by atoms with Crippen LogP contribution in [0.1, 0.15) is 62.7 Å². The highest BCUT2D eigenvalue weighted by Gasteiger charge is 2.95. The molecule has 0 aliphatic carbocycles. The third-order valence-corrected chi connectivity index (χ3v) is 6.65. The molecule has 1 unspecified atom stereocenters. The van der Waals surface area contributed by atoms with Crippen molar-refractivity contribution in [1.29, 1.82) is 0 Å². The van der Waals surface area contributed by atoms with E-state index in [0.29, 0.717) is 12.8 Å². The fraction of sp³-hybridized carbons (Fsp3) is 0.727. The Balaban J connectivity index is 3.55. The first kappa shape index (κ1) is 39.9. The molecular formula is C22H21F17O4S. The largest absolute Gasteiger partial charge is 0.460 e. The molecule has 0 spiro atoms. The summed E-state index contributed by atoms with van der Waals surface area (Å²) in [5.41, 5.74) is -3.00. The lowest BCUT2D eigenvalue weighted by atomic mass is 9.87. The van der Waals surface area contributed by atoms with E-state index >= 15 is 0 Å². The van der Waals surface area contributed by atoms with E-state index < -0.39 is 75.3 Å². The van der Waals surface area contributed by atoms with Crippen LogP contribution in [0.2, 0.25) is 0 Å². The fourth-order valence-corrected chi connectivity index (χ4v) is 4.10. The second-order valence-corrected chi connectivity index (χ2v) is 10.4. The predicted octanol–water partition coefficient (Wildman–Crippen LogP) is 9.37. The zero-order valence-corrected chi connectivity index (χ0v) is 22.5. The lowest BCUT2D eigenvalue weighted by Gasteiger charge is -2.42. The molecule has 0 radical (unpaired) electrons. The summed E-state index contributed by atoms with van der Waals surface area (Å²) in [7, 11) is -5.27. The molecule has 0 heterocycles. The predicted molar refractivity (Wildman–Crippen MR) is 115 cm³/mol. The van der Waals surface area contributed by atoms with E-state index in [9.17, 15) is 83.1 Å². The van der Waals surface area contributed by atoms with Crippen LogP contribution in [0.4, 0.5) is 74.6 Å². The van der Waals surface area contributed by atoms with Crippen molar-refractivity contribution in [3.63, 3.8) is 0 Å². The van der Waals surface area contributed by atoms with Gasteiger partial charge in [-0.05, 0) is 12.0 Å². The van der Waals surface area contributed by atoms with Crippen LogP contribution in [-0.4, -0.2) is 54.7 Å². The maximum atomic E-state index is 14.5. The van der Waals surface area contributed by atoms with Crippen molar-refractivity contribution in [2.75, 3.05) is 0 Å². The SMILES string of the molecule is CCCCCCCC(OS(=O)(=O)O)c1ccc(C(F)(F)C(F)(F)C(F)(F)C(F)(F)C(F)(F)C(F)(F)C(F)(F)C(F)(F)F)cc1. The second kappa shape index (κ2) is 12.6. The second-order valence-electron chi connectivity index (χ2n) is 9.36. The Morgan fingerprint density at radius 2 is 1.00 bits per heavy atom. The van der Waals surface area contributed by atoms with Gasteiger partial charge in [0.25, 0.3) is 0 Å². The molecule has 0 saturated carbocycles. The lowest BCUT2D eigenvalue weighted by Crippen LogP contribution is -2.74. The average Bonchev–Trinajstić information content (AvgIpc) is 2.85. The van der Waals surface area contributed by atoms with E-state index in [4.69, 9.17) is 4.55 Å². The molecule has 0 aliphatic rings. The number of benzene rings is 1. The molecule has 0 bridgehead atoms. The molecule has 0 fully saturated rings. The fourth-order valence-electron chi connectivity index (χ4n) is 3.60. The van der Waals surface area contributed by atoms with Gasteiger partial charge in [0.05, 0.1) is 0 Å². The van der Waals surface area contributed by atoms with Crippen LogP contribution >= 0.6 is 0 Å². The number of alkyl halides is 17. The van der Waals surface area contributed by atoms with E-state index in [1.165, 1.54) is 0 Å². The first-order valence-corrected chi connectivity index (χ1v) is 13.2. The van der Waals surface area contributed by atoms with Crippen LogP contribution in [-0.2, 0) is 20.5 Å². The smallest absolute Gasteiger partial charge is 0.264 e. The topological polar surface area (TPSA) is 63.6 Å². The molecule has 0 aliphatic heterocycles. The minimum absolute atomic E-state index is 0.143. The van der Waals surface area contributed by atoms with Gasteiger partial charge >= 0.3 is 58.0 Å². The van der Waals surface area contributed by atoms with Gasteiger partial charge in [0, 0.05) is 5.56 Å². The van der Waals surface area contributed by atoms with Crippen LogP contribution in [0.25, 0.3) is 0 Å². The van der Waals surface area contributed by atoms with E-state index in [0.717, 1.165) is 12.8 Å². The molecule has 1 atom stereocenters. The molecule has 0 aromatic heterocycles. The Morgan fingerprint density at radius 1 is 0.614 bits per heavy atom. The van der Waals surface area contributed by atoms with E-state index in [1.807, 2.05) is 6.92 Å². The zero-order valence-electron chi connectivity index (χ0n) is 21.6. The van der Waals surface area contributed by atoms with Gasteiger partial charge in [-0.15, -0.1) is 0 Å². The van der Waals surface area contributed by atoms with Gasteiger partial charge in [-0.1, -0.05) is 63.3 Å². The summed E-state index contributed by atoms with van der Waals surface area (Å²) in [6.45, 7) is 1.83. The Hall–Kier alpha value is -2.10. The summed E-state index contributed by atoms with van der Waals surface area (Å²) in [5, 5.41) is 0. The Kier molecular flexibility index (Phi) is 11.4. The number of halogens is 17. The number of unbranched alkanes of at least 4 members (excludes halogenated alkanes) is 4. The Morgan fingerprint density at radius 3 is 1.39 bits per heavy atom. The van der Waals surface area contributed by atoms with Gasteiger partial charge in [-0.2, -0.15) is 83.1 Å². The summed E-state index contributed by atoms with van der Waals surface area (Å²) >= 11 is 0. The molecular weight excluding hydrogens is 683 g/mol. The van der Waals surface area contributed by atoms with E-state index in [-0.39, 0.29) is 37.1 Å². The molecule has 1 aromatic carbocycles. The third kappa shape index (κ3) is 7.00. The minimum Gasteiger partial charge on any atom is -0.264 e. The first-order chi connectivity index (χ1) is 19.4. The number of hydrogen-bond acceptors (Lipinski definition) is 3. The molecule has 1 aromatic rings. The van der Waals surface area contributed by atoms with E-state index in [2.05, 4.69) is 4.18 Å². The molecule has 0 amide bonds. The maximum absolute atomic E-state index is 14.5. The van der Waals surface area contributed by atoms with Gasteiger partial charge in [-0.3, -0.25) is 4.55 Å². The molecule has 1 N–H and O–H groups in total. The summed E-state index contributed by atoms with van der Waals surface area (Å²) in [5.74, 6) is -57.4. The summed E-state index contributed by atoms with van der Waals surface area (Å²) in [6.07, 6.45) is -7.23. The van der Waals surface area contributed by atoms with Gasteiger partial charge in [-0.25, -0.2) is 4.18 Å². The first-order valence-electron chi connectivity index (χ1n) is 11.9. The molecule has 1 rings (SSSR count). The summed E-state index contributed by atoms with van der Waals surface area (Å²) < 4.78 is 265. The standard InChI is InChI=1S/C22H21F17O4S/c1-2-3-4-5-6-7-14(43-44(40,41)42)12-8-10-13(11-9-12)15(23,24)16(25,26)17(27,28)18(29,30)19(31,32)20(33,34)21(35,36)22(37,38)39/h8-11,14H,2-7H2,1H3,(H,40,41,42). The van der Waals surface area contributed by atoms with Crippen LogP contribution < -0.4 is 0 Å². The highest BCUT2D eigenvalue weighted by molar-refractivity contribution is 7.80. The van der Waals surface area contributed by atoms with E-state index in [1.54, 1.807) is 0 Å². The third-order valence-electron chi connectivity index (χ3n) is 6.17. The molecule has 44 heavy (non-hydrogen) atoms. The van der Waals surface area contributed by atoms with Crippen LogP contribution in [0, 0.1) is 0 Å². The quantitative estimate of drug-likeness (QED) is 0.106. The molecule has 258 valence electrons. The van der Waals surface area contributed by atoms with Crippen LogP contribution in [0.15, 0.2) is 24.3 Å². The number of hydrogen-bond donors (Lipinski definition) is 1. The molecule has 22 heteroatoms. The van der Waals surface area contributed by atoms with Crippen molar-refractivity contribution in [3.05, 3.63) is 35.4 Å². The molecule has 0 saturated heterocycles. The van der Waals surface area contributed by atoms with Gasteiger partial charge < -0.3 is 0 Å². The van der Waals surface area contributed by atoms with Crippen molar-refractivity contribution < 1.29 is 91.8 Å². The zero-order chi connectivity index (χ0) is 35.0. The van der Waals surface area contributed by atoms with Crippen molar-refractivity contribution in [3.8, 4) is 0 Å². The Bertz CT molecular complexity index is 1210. The van der Waals surface area contributed by atoms with Crippen LogP contribution in [0.5, 0.6) is 0 Å².